The van der Waals surface area contributed by atoms with Gasteiger partial charge in [-0.1, -0.05) is 0 Å². The summed E-state index contributed by atoms with van der Waals surface area (Å²) in [5, 5.41) is 12.8. The number of carbonyl (C=O) groups is 2. The number of hydrogen-bond donors (Lipinski definition) is 2. The number of nitrogens with two attached hydrogens (primary N) is 1. The summed E-state index contributed by atoms with van der Waals surface area (Å²) in [5.74, 6) is 0.288. The second-order valence-corrected chi connectivity index (χ2v) is 7.39. The molecule has 2 amide bonds. The van der Waals surface area contributed by atoms with Crippen LogP contribution in [0.25, 0.3) is 0 Å². The minimum Gasteiger partial charge on any atom is -0.366 e. The highest BCUT2D eigenvalue weighted by atomic mass is 35.5. The molecule has 2 heterocycles. The van der Waals surface area contributed by atoms with E-state index in [0.717, 1.165) is 12.8 Å². The van der Waals surface area contributed by atoms with E-state index >= 15 is 0 Å². The predicted molar refractivity (Wildman–Crippen MR) is 110 cm³/mol. The average molecular weight is 413 g/mol. The van der Waals surface area contributed by atoms with Crippen LogP contribution < -0.4 is 16.0 Å². The Morgan fingerprint density at radius 2 is 2.00 bits per heavy atom. The predicted octanol–water partition coefficient (Wildman–Crippen LogP) is 2.79. The molecule has 1 aliphatic carbocycles. The Balaban J connectivity index is 0.00000240. The van der Waals surface area contributed by atoms with Gasteiger partial charge in [-0.2, -0.15) is 10.2 Å². The van der Waals surface area contributed by atoms with Crippen LogP contribution in [-0.4, -0.2) is 27.8 Å². The van der Waals surface area contributed by atoms with Crippen LogP contribution in [-0.2, 0) is 4.79 Å². The van der Waals surface area contributed by atoms with Crippen LogP contribution in [0.3, 0.4) is 0 Å². The van der Waals surface area contributed by atoms with Gasteiger partial charge >= 0.3 is 0 Å². The van der Waals surface area contributed by atoms with Crippen LogP contribution >= 0.6 is 12.4 Å². The van der Waals surface area contributed by atoms with Gasteiger partial charge in [-0.15, -0.1) is 12.4 Å². The summed E-state index contributed by atoms with van der Waals surface area (Å²) in [6.45, 7) is 1.94. The van der Waals surface area contributed by atoms with Gasteiger partial charge in [-0.05, 0) is 62.4 Å². The Morgan fingerprint density at radius 1 is 1.31 bits per heavy atom. The van der Waals surface area contributed by atoms with Gasteiger partial charge in [0.05, 0.1) is 6.07 Å². The maximum Gasteiger partial charge on any atom is 0.249 e. The lowest BCUT2D eigenvalue weighted by Gasteiger charge is -2.22. The summed E-state index contributed by atoms with van der Waals surface area (Å²) < 4.78 is 0. The molecule has 2 fully saturated rings. The largest absolute Gasteiger partial charge is 0.366 e. The number of rotatable bonds is 5. The first-order chi connectivity index (χ1) is 13.4. The van der Waals surface area contributed by atoms with E-state index in [1.165, 1.54) is 0 Å². The fourth-order valence-electron chi connectivity index (χ4n) is 3.88. The number of anilines is 3. The molecular formula is C20H21ClN6O2. The van der Waals surface area contributed by atoms with E-state index < -0.39 is 11.3 Å². The number of carbonyl (C=O) groups excluding carboxylic acids is 2. The second kappa shape index (κ2) is 7.68. The molecule has 1 aliphatic heterocycles. The maximum atomic E-state index is 13.1. The molecule has 0 bridgehead atoms. The third-order valence-electron chi connectivity index (χ3n) is 5.45. The lowest BCUT2D eigenvalue weighted by molar-refractivity contribution is -0.123. The Kier molecular flexibility index (Phi) is 5.44. The highest BCUT2D eigenvalue weighted by molar-refractivity contribution is 6.02. The smallest absolute Gasteiger partial charge is 0.249 e. The van der Waals surface area contributed by atoms with Crippen molar-refractivity contribution >= 4 is 41.7 Å². The Morgan fingerprint density at radius 3 is 2.59 bits per heavy atom. The summed E-state index contributed by atoms with van der Waals surface area (Å²) >= 11 is 0. The third-order valence-corrected chi connectivity index (χ3v) is 5.45. The maximum absolute atomic E-state index is 13.1. The van der Waals surface area contributed by atoms with Gasteiger partial charge in [0.15, 0.2) is 0 Å². The van der Waals surface area contributed by atoms with Gasteiger partial charge in [0, 0.05) is 23.5 Å². The Labute approximate surface area is 174 Å². The van der Waals surface area contributed by atoms with Crippen LogP contribution in [0.4, 0.5) is 17.5 Å². The van der Waals surface area contributed by atoms with Crippen LogP contribution in [0.1, 0.15) is 36.5 Å². The van der Waals surface area contributed by atoms with E-state index in [1.54, 1.807) is 41.4 Å². The van der Waals surface area contributed by atoms with Crippen LogP contribution in [0.15, 0.2) is 36.5 Å². The quantitative estimate of drug-likeness (QED) is 0.777. The molecule has 1 saturated carbocycles. The van der Waals surface area contributed by atoms with Gasteiger partial charge in [0.1, 0.15) is 11.2 Å². The SMILES string of the molecule is C[C@@H]1C[C@@](C#N)(C2CC2)C(=O)N1c1ccnc(Nc2ccc(C(N)=O)cc2)n1.Cl. The minimum absolute atomic E-state index is 0. The molecule has 0 spiro atoms. The van der Waals surface area contributed by atoms with Gasteiger partial charge in [0.2, 0.25) is 17.8 Å². The van der Waals surface area contributed by atoms with E-state index in [-0.39, 0.29) is 30.3 Å². The number of nitrogens with one attached hydrogen (secondary N) is 1. The van der Waals surface area contributed by atoms with Crippen LogP contribution in [0.2, 0.25) is 0 Å². The molecule has 2 atom stereocenters. The van der Waals surface area contributed by atoms with Crippen molar-refractivity contribution in [3.05, 3.63) is 42.1 Å². The highest BCUT2D eigenvalue weighted by Gasteiger charge is 2.59. The van der Waals surface area contributed by atoms with Crippen molar-refractivity contribution in [3.63, 3.8) is 0 Å². The zero-order valence-corrected chi connectivity index (χ0v) is 16.6. The fourth-order valence-corrected chi connectivity index (χ4v) is 3.88. The first kappa shape index (κ1) is 20.6. The van der Waals surface area contributed by atoms with Gasteiger partial charge in [-0.25, -0.2) is 4.98 Å². The van der Waals surface area contributed by atoms with Crippen molar-refractivity contribution in [3.8, 4) is 6.07 Å². The van der Waals surface area contributed by atoms with E-state index in [2.05, 4.69) is 21.4 Å². The number of amides is 2. The number of benzene rings is 1. The van der Waals surface area contributed by atoms with Crippen LogP contribution in [0, 0.1) is 22.7 Å². The molecule has 0 radical (unpaired) electrons. The van der Waals surface area contributed by atoms with E-state index in [9.17, 15) is 14.9 Å². The molecule has 9 heteroatoms. The van der Waals surface area contributed by atoms with Gasteiger partial charge < -0.3 is 11.1 Å². The first-order valence-corrected chi connectivity index (χ1v) is 9.19. The summed E-state index contributed by atoms with van der Waals surface area (Å²) in [5.41, 5.74) is 5.41. The van der Waals surface area contributed by atoms with Crippen molar-refractivity contribution in [2.75, 3.05) is 10.2 Å². The van der Waals surface area contributed by atoms with Crippen molar-refractivity contribution in [1.82, 2.24) is 9.97 Å². The molecule has 150 valence electrons. The Hall–Kier alpha value is -3.18. The van der Waals surface area contributed by atoms with Crippen LogP contribution in [0.5, 0.6) is 0 Å². The molecule has 8 nitrogen and oxygen atoms in total. The number of primary amides is 1. The minimum atomic E-state index is -0.928. The zero-order valence-electron chi connectivity index (χ0n) is 15.8. The summed E-state index contributed by atoms with van der Waals surface area (Å²) in [7, 11) is 0. The topological polar surface area (TPSA) is 125 Å². The van der Waals surface area contributed by atoms with E-state index in [4.69, 9.17) is 5.73 Å². The summed E-state index contributed by atoms with van der Waals surface area (Å²) in [6, 6.07) is 10.5. The van der Waals surface area contributed by atoms with Crippen molar-refractivity contribution in [1.29, 1.82) is 5.26 Å². The fraction of sp³-hybridized carbons (Fsp3) is 0.350. The van der Waals surface area contributed by atoms with Crippen molar-refractivity contribution in [2.24, 2.45) is 17.1 Å². The zero-order chi connectivity index (χ0) is 19.9. The number of nitrogens with zero attached hydrogens (tertiary/aromatic N) is 4. The summed E-state index contributed by atoms with van der Waals surface area (Å²) in [6.07, 6.45) is 3.95. The lowest BCUT2D eigenvalue weighted by Crippen LogP contribution is -2.37. The van der Waals surface area contributed by atoms with Gasteiger partial charge in [-0.3, -0.25) is 14.5 Å². The number of halogens is 1. The first-order valence-electron chi connectivity index (χ1n) is 9.19. The molecule has 0 unspecified atom stereocenters. The molecule has 2 aromatic rings. The lowest BCUT2D eigenvalue weighted by atomic mass is 9.81. The molecule has 4 rings (SSSR count). The molecule has 1 saturated heterocycles. The number of nitriles is 1. The molecule has 2 aliphatic rings. The molecule has 1 aromatic carbocycles. The molecular weight excluding hydrogens is 392 g/mol. The van der Waals surface area contributed by atoms with E-state index in [1.807, 2.05) is 6.92 Å². The number of aromatic nitrogens is 2. The summed E-state index contributed by atoms with van der Waals surface area (Å²) in [4.78, 5) is 34.6. The van der Waals surface area contributed by atoms with Gasteiger partial charge in [0.25, 0.3) is 0 Å². The average Bonchev–Trinajstić information content (AvgIpc) is 3.49. The monoisotopic (exact) mass is 412 g/mol. The third kappa shape index (κ3) is 3.61. The van der Waals surface area contributed by atoms with Crippen molar-refractivity contribution < 1.29 is 9.59 Å². The Bertz CT molecular complexity index is 985. The standard InChI is InChI=1S/C20H20N6O2.ClH/c1-12-10-20(11-21,14-4-5-14)18(28)26(12)16-8-9-23-19(25-16)24-15-6-2-13(3-7-15)17(22)27;/h2-3,6-9,12,14H,4-5,10H2,1H3,(H2,22,27)(H,23,24,25);1H/t12-,20-;/m1./s1. The van der Waals surface area contributed by atoms with Crippen molar-refractivity contribution in [2.45, 2.75) is 32.2 Å². The van der Waals surface area contributed by atoms with E-state index in [0.29, 0.717) is 29.4 Å². The molecule has 3 N–H and O–H groups in total. The molecule has 1 aromatic heterocycles. The second-order valence-electron chi connectivity index (χ2n) is 7.39. The molecule has 29 heavy (non-hydrogen) atoms. The number of hydrogen-bond acceptors (Lipinski definition) is 6. The normalized spacial score (nSPS) is 23.2. The highest BCUT2D eigenvalue weighted by Crippen LogP contribution is 2.53.